The van der Waals surface area contributed by atoms with Crippen LogP contribution in [0.15, 0.2) is 17.5 Å². The van der Waals surface area contributed by atoms with E-state index in [1.807, 2.05) is 0 Å². The molecule has 1 saturated carbocycles. The van der Waals surface area contributed by atoms with E-state index in [2.05, 4.69) is 17.5 Å². The van der Waals surface area contributed by atoms with Crippen molar-refractivity contribution in [1.29, 1.82) is 0 Å². The molecule has 58 valence electrons. The molecule has 0 amide bonds. The normalized spacial score (nSPS) is 19.6. The van der Waals surface area contributed by atoms with E-state index in [1.54, 1.807) is 11.3 Å². The molecule has 0 aliphatic heterocycles. The molecule has 3 heteroatoms. The largest absolute Gasteiger partial charge is 0.393 e. The number of hydrogen-bond donors (Lipinski definition) is 1. The number of thiophene rings is 1. The second kappa shape index (κ2) is 2.29. The Morgan fingerprint density at radius 2 is 2.36 bits per heavy atom. The molecular weight excluding hydrogens is 174 g/mol. The summed E-state index contributed by atoms with van der Waals surface area (Å²) in [5, 5.41) is 2.08. The van der Waals surface area contributed by atoms with Crippen LogP contribution in [-0.4, -0.2) is 4.99 Å². The van der Waals surface area contributed by atoms with Gasteiger partial charge in [-0.25, -0.2) is 0 Å². The van der Waals surface area contributed by atoms with Gasteiger partial charge >= 0.3 is 0 Å². The van der Waals surface area contributed by atoms with Crippen LogP contribution in [0.25, 0.3) is 0 Å². The van der Waals surface area contributed by atoms with Gasteiger partial charge in [0.15, 0.2) is 0 Å². The number of nitrogens with two attached hydrogens (primary N) is 1. The van der Waals surface area contributed by atoms with Gasteiger partial charge in [0, 0.05) is 4.88 Å². The first kappa shape index (κ1) is 7.25. The molecule has 0 unspecified atom stereocenters. The van der Waals surface area contributed by atoms with Gasteiger partial charge < -0.3 is 5.73 Å². The van der Waals surface area contributed by atoms with Crippen LogP contribution in [0.3, 0.4) is 0 Å². The first-order valence-corrected chi connectivity index (χ1v) is 4.88. The van der Waals surface area contributed by atoms with E-state index >= 15 is 0 Å². The van der Waals surface area contributed by atoms with Crippen LogP contribution >= 0.6 is 23.6 Å². The van der Waals surface area contributed by atoms with E-state index in [0.717, 1.165) is 12.8 Å². The third-order valence-electron chi connectivity index (χ3n) is 2.21. The first-order chi connectivity index (χ1) is 5.26. The Kier molecular flexibility index (Phi) is 1.51. The lowest BCUT2D eigenvalue weighted by atomic mass is 10.1. The van der Waals surface area contributed by atoms with Crippen molar-refractivity contribution in [3.05, 3.63) is 22.4 Å². The minimum atomic E-state index is 0.101. The van der Waals surface area contributed by atoms with Gasteiger partial charge in [0.05, 0.1) is 10.4 Å². The van der Waals surface area contributed by atoms with E-state index in [-0.39, 0.29) is 5.41 Å². The summed E-state index contributed by atoms with van der Waals surface area (Å²) in [7, 11) is 0. The zero-order valence-electron chi connectivity index (χ0n) is 6.04. The van der Waals surface area contributed by atoms with Crippen molar-refractivity contribution in [3.8, 4) is 0 Å². The van der Waals surface area contributed by atoms with Crippen molar-refractivity contribution in [2.75, 3.05) is 0 Å². The Morgan fingerprint density at radius 3 is 2.73 bits per heavy atom. The lowest BCUT2D eigenvalue weighted by Crippen LogP contribution is -2.25. The molecule has 2 rings (SSSR count). The van der Waals surface area contributed by atoms with Crippen molar-refractivity contribution in [1.82, 2.24) is 0 Å². The summed E-state index contributed by atoms with van der Waals surface area (Å²) in [4.78, 5) is 2.00. The molecule has 1 nitrogen and oxygen atoms in total. The molecular formula is C8H9NS2. The van der Waals surface area contributed by atoms with E-state index in [4.69, 9.17) is 18.0 Å². The van der Waals surface area contributed by atoms with E-state index in [0.29, 0.717) is 4.99 Å². The number of hydrogen-bond acceptors (Lipinski definition) is 2. The highest BCUT2D eigenvalue weighted by molar-refractivity contribution is 7.80. The third kappa shape index (κ3) is 0.993. The topological polar surface area (TPSA) is 26.0 Å². The highest BCUT2D eigenvalue weighted by atomic mass is 32.1. The van der Waals surface area contributed by atoms with Gasteiger partial charge in [-0.1, -0.05) is 18.3 Å². The molecule has 11 heavy (non-hydrogen) atoms. The van der Waals surface area contributed by atoms with Crippen LogP contribution in [0.1, 0.15) is 17.7 Å². The molecule has 1 aliphatic carbocycles. The standard InChI is InChI=1S/C8H9NS2/c9-7(10)8(3-4-8)6-2-1-5-11-6/h1-2,5H,3-4H2,(H2,9,10). The van der Waals surface area contributed by atoms with Gasteiger partial charge in [0.25, 0.3) is 0 Å². The van der Waals surface area contributed by atoms with Gasteiger partial charge in [0.1, 0.15) is 0 Å². The minimum absolute atomic E-state index is 0.101. The molecule has 2 N–H and O–H groups in total. The fourth-order valence-corrected chi connectivity index (χ4v) is 2.67. The molecule has 0 saturated heterocycles. The summed E-state index contributed by atoms with van der Waals surface area (Å²) in [5.41, 5.74) is 5.76. The molecule has 0 radical (unpaired) electrons. The lowest BCUT2D eigenvalue weighted by molar-refractivity contribution is 0.987. The van der Waals surface area contributed by atoms with Crippen LogP contribution in [0.2, 0.25) is 0 Å². The summed E-state index contributed by atoms with van der Waals surface area (Å²) in [6.45, 7) is 0. The highest BCUT2D eigenvalue weighted by Crippen LogP contribution is 2.50. The van der Waals surface area contributed by atoms with Crippen molar-refractivity contribution in [2.24, 2.45) is 5.73 Å². The second-order valence-corrected chi connectivity index (χ2v) is 4.31. The van der Waals surface area contributed by atoms with Crippen molar-refractivity contribution < 1.29 is 0 Å². The Morgan fingerprint density at radius 1 is 1.64 bits per heavy atom. The van der Waals surface area contributed by atoms with Crippen LogP contribution in [0.4, 0.5) is 0 Å². The summed E-state index contributed by atoms with van der Waals surface area (Å²) in [6, 6.07) is 4.18. The highest BCUT2D eigenvalue weighted by Gasteiger charge is 2.47. The molecule has 0 aromatic carbocycles. The van der Waals surface area contributed by atoms with Gasteiger partial charge in [0.2, 0.25) is 0 Å². The Balaban J connectivity index is 2.36. The first-order valence-electron chi connectivity index (χ1n) is 3.60. The Labute approximate surface area is 75.2 Å². The lowest BCUT2D eigenvalue weighted by Gasteiger charge is -2.09. The fraction of sp³-hybridized carbons (Fsp3) is 0.375. The third-order valence-corrected chi connectivity index (χ3v) is 3.68. The van der Waals surface area contributed by atoms with Crippen LogP contribution in [-0.2, 0) is 5.41 Å². The zero-order valence-corrected chi connectivity index (χ0v) is 7.67. The molecule has 0 spiro atoms. The van der Waals surface area contributed by atoms with E-state index in [9.17, 15) is 0 Å². The summed E-state index contributed by atoms with van der Waals surface area (Å²) >= 11 is 6.78. The van der Waals surface area contributed by atoms with Crippen LogP contribution < -0.4 is 5.73 Å². The maximum Gasteiger partial charge on any atom is 0.0842 e. The monoisotopic (exact) mass is 183 g/mol. The number of rotatable bonds is 2. The van der Waals surface area contributed by atoms with Crippen LogP contribution in [0, 0.1) is 0 Å². The average Bonchev–Trinajstić information content (AvgIpc) is 2.61. The maximum atomic E-state index is 5.66. The van der Waals surface area contributed by atoms with Gasteiger partial charge in [-0.05, 0) is 24.3 Å². The molecule has 1 aromatic rings. The summed E-state index contributed by atoms with van der Waals surface area (Å²) in [5.74, 6) is 0. The predicted molar refractivity (Wildman–Crippen MR) is 52.0 cm³/mol. The van der Waals surface area contributed by atoms with Crippen molar-refractivity contribution in [3.63, 3.8) is 0 Å². The van der Waals surface area contributed by atoms with Crippen molar-refractivity contribution >= 4 is 28.5 Å². The quantitative estimate of drug-likeness (QED) is 0.710. The van der Waals surface area contributed by atoms with Crippen molar-refractivity contribution in [2.45, 2.75) is 18.3 Å². The molecule has 1 aliphatic rings. The minimum Gasteiger partial charge on any atom is -0.393 e. The molecule has 1 fully saturated rings. The predicted octanol–water partition coefficient (Wildman–Crippen LogP) is 2.07. The average molecular weight is 183 g/mol. The molecule has 1 aromatic heterocycles. The Bertz CT molecular complexity index is 272. The van der Waals surface area contributed by atoms with Gasteiger partial charge in [-0.15, -0.1) is 11.3 Å². The molecule has 1 heterocycles. The second-order valence-electron chi connectivity index (χ2n) is 2.92. The maximum absolute atomic E-state index is 5.66. The number of thiocarbonyl (C=S) groups is 1. The Hall–Kier alpha value is -0.410. The fourth-order valence-electron chi connectivity index (χ4n) is 1.29. The van der Waals surface area contributed by atoms with Gasteiger partial charge in [-0.3, -0.25) is 0 Å². The van der Waals surface area contributed by atoms with E-state index in [1.165, 1.54) is 4.88 Å². The van der Waals surface area contributed by atoms with Gasteiger partial charge in [-0.2, -0.15) is 0 Å². The van der Waals surface area contributed by atoms with Crippen LogP contribution in [0.5, 0.6) is 0 Å². The smallest absolute Gasteiger partial charge is 0.0842 e. The summed E-state index contributed by atoms with van der Waals surface area (Å²) in [6.07, 6.45) is 2.28. The molecule has 0 bridgehead atoms. The van der Waals surface area contributed by atoms with E-state index < -0.39 is 0 Å². The summed E-state index contributed by atoms with van der Waals surface area (Å²) < 4.78 is 0. The molecule has 0 atom stereocenters. The zero-order chi connectivity index (χ0) is 7.90. The SMILES string of the molecule is NC(=S)C1(c2cccs2)CC1.